The summed E-state index contributed by atoms with van der Waals surface area (Å²) in [6.07, 6.45) is 5.04. The Bertz CT molecular complexity index is 875. The molecule has 3 aromatic rings. The Labute approximate surface area is 150 Å². The highest BCUT2D eigenvalue weighted by molar-refractivity contribution is 7.17. The molecule has 4 rings (SSSR count). The van der Waals surface area contributed by atoms with Gasteiger partial charge >= 0.3 is 0 Å². The molecule has 2 aromatic heterocycles. The quantitative estimate of drug-likeness (QED) is 0.774. The van der Waals surface area contributed by atoms with Crippen LogP contribution in [0, 0.1) is 0 Å². The van der Waals surface area contributed by atoms with Gasteiger partial charge in [0.15, 0.2) is 0 Å². The molecule has 1 fully saturated rings. The van der Waals surface area contributed by atoms with E-state index in [0.717, 1.165) is 35.6 Å². The number of aromatic hydroxyl groups is 1. The molecule has 0 amide bonds. The Morgan fingerprint density at radius 3 is 2.92 bits per heavy atom. The highest BCUT2D eigenvalue weighted by Gasteiger charge is 2.34. The Kier molecular flexibility index (Phi) is 4.35. The van der Waals surface area contributed by atoms with Crippen molar-refractivity contribution in [3.05, 3.63) is 41.0 Å². The van der Waals surface area contributed by atoms with E-state index in [1.54, 1.807) is 7.11 Å². The van der Waals surface area contributed by atoms with Gasteiger partial charge in [-0.05, 0) is 32.4 Å². The summed E-state index contributed by atoms with van der Waals surface area (Å²) in [5.74, 6) is 1.01. The lowest BCUT2D eigenvalue weighted by atomic mass is 9.95. The third-order valence-electron chi connectivity index (χ3n) is 5.01. The summed E-state index contributed by atoms with van der Waals surface area (Å²) < 4.78 is 7.14. The number of hydrogen-bond donors (Lipinski definition) is 1. The Morgan fingerprint density at radius 2 is 2.16 bits per heavy atom. The zero-order chi connectivity index (χ0) is 17.4. The van der Waals surface area contributed by atoms with Gasteiger partial charge in [0.1, 0.15) is 12.1 Å². The lowest BCUT2D eigenvalue weighted by Gasteiger charge is -2.39. The summed E-state index contributed by atoms with van der Waals surface area (Å²) in [7, 11) is 1.69. The van der Waals surface area contributed by atoms with Gasteiger partial charge in [-0.25, -0.2) is 4.98 Å². The van der Waals surface area contributed by atoms with Gasteiger partial charge in [0, 0.05) is 11.6 Å². The highest BCUT2D eigenvalue weighted by Crippen LogP contribution is 2.44. The number of rotatable bonds is 4. The molecule has 0 aliphatic carbocycles. The molecule has 1 aliphatic heterocycles. The standard InChI is InChI=1S/C18H22N4O2S/c1-12-7-5-6-10-21(12)15(13-8-3-4-9-14(13)24-2)16-17(23)22-18(25-16)19-11-20-22/h3-4,8-9,11-12,15,23H,5-7,10H2,1-2H3. The van der Waals surface area contributed by atoms with Crippen molar-refractivity contribution in [3.63, 3.8) is 0 Å². The average molecular weight is 358 g/mol. The molecule has 1 N–H and O–H groups in total. The molecule has 1 saturated heterocycles. The number of piperidine rings is 1. The van der Waals surface area contributed by atoms with E-state index in [1.165, 1.54) is 28.6 Å². The van der Waals surface area contributed by atoms with Crippen molar-refractivity contribution < 1.29 is 9.84 Å². The molecule has 0 spiro atoms. The van der Waals surface area contributed by atoms with Crippen molar-refractivity contribution in [3.8, 4) is 11.6 Å². The van der Waals surface area contributed by atoms with Gasteiger partial charge in [0.2, 0.25) is 10.8 Å². The first-order valence-corrected chi connectivity index (χ1v) is 9.42. The van der Waals surface area contributed by atoms with E-state index in [1.807, 2.05) is 18.2 Å². The minimum atomic E-state index is -0.0695. The maximum Gasteiger partial charge on any atom is 0.230 e. The normalized spacial score (nSPS) is 20.0. The zero-order valence-electron chi connectivity index (χ0n) is 14.4. The maximum atomic E-state index is 10.8. The van der Waals surface area contributed by atoms with Gasteiger partial charge in [-0.3, -0.25) is 4.90 Å². The van der Waals surface area contributed by atoms with E-state index >= 15 is 0 Å². The summed E-state index contributed by atoms with van der Waals surface area (Å²) in [6, 6.07) is 8.42. The minimum Gasteiger partial charge on any atom is -0.496 e. The van der Waals surface area contributed by atoms with Crippen molar-refractivity contribution in [2.75, 3.05) is 13.7 Å². The molecule has 0 radical (unpaired) electrons. The van der Waals surface area contributed by atoms with Gasteiger partial charge in [-0.15, -0.1) is 0 Å². The van der Waals surface area contributed by atoms with Gasteiger partial charge in [-0.1, -0.05) is 36.0 Å². The van der Waals surface area contributed by atoms with Crippen LogP contribution in [0.25, 0.3) is 4.96 Å². The number of methoxy groups -OCH3 is 1. The highest BCUT2D eigenvalue weighted by atomic mass is 32.1. The summed E-state index contributed by atoms with van der Waals surface area (Å²) in [6.45, 7) is 3.26. The van der Waals surface area contributed by atoms with Crippen molar-refractivity contribution in [2.24, 2.45) is 0 Å². The number of ether oxygens (including phenoxy) is 1. The Hall–Kier alpha value is -2.12. The first kappa shape index (κ1) is 16.4. The van der Waals surface area contributed by atoms with Crippen LogP contribution in [0.3, 0.4) is 0 Å². The van der Waals surface area contributed by atoms with Crippen molar-refractivity contribution in [2.45, 2.75) is 38.3 Å². The fourth-order valence-electron chi connectivity index (χ4n) is 3.74. The zero-order valence-corrected chi connectivity index (χ0v) is 15.2. The SMILES string of the molecule is COc1ccccc1C(c1sc2ncnn2c1O)N1CCCCC1C. The molecule has 25 heavy (non-hydrogen) atoms. The van der Waals surface area contributed by atoms with E-state index in [9.17, 15) is 5.11 Å². The van der Waals surface area contributed by atoms with Crippen LogP contribution in [-0.2, 0) is 0 Å². The first-order valence-electron chi connectivity index (χ1n) is 8.60. The van der Waals surface area contributed by atoms with Crippen LogP contribution >= 0.6 is 11.3 Å². The number of hydrogen-bond acceptors (Lipinski definition) is 6. The second kappa shape index (κ2) is 6.65. The van der Waals surface area contributed by atoms with Crippen LogP contribution < -0.4 is 4.74 Å². The molecule has 2 unspecified atom stereocenters. The third kappa shape index (κ3) is 2.77. The molecular formula is C18H22N4O2S. The van der Waals surface area contributed by atoms with Crippen LogP contribution in [0.4, 0.5) is 0 Å². The number of aromatic nitrogens is 3. The van der Waals surface area contributed by atoms with E-state index in [-0.39, 0.29) is 11.9 Å². The van der Waals surface area contributed by atoms with E-state index in [4.69, 9.17) is 4.74 Å². The topological polar surface area (TPSA) is 62.9 Å². The number of nitrogens with zero attached hydrogens (tertiary/aromatic N) is 4. The molecular weight excluding hydrogens is 336 g/mol. The van der Waals surface area contributed by atoms with Crippen LogP contribution in [0.2, 0.25) is 0 Å². The molecule has 2 atom stereocenters. The predicted molar refractivity (Wildman–Crippen MR) is 97.4 cm³/mol. The van der Waals surface area contributed by atoms with Gasteiger partial charge in [0.05, 0.1) is 18.0 Å². The molecule has 1 aromatic carbocycles. The lowest BCUT2D eigenvalue weighted by molar-refractivity contribution is 0.123. The number of benzene rings is 1. The van der Waals surface area contributed by atoms with E-state index < -0.39 is 0 Å². The molecule has 3 heterocycles. The van der Waals surface area contributed by atoms with Gasteiger partial charge < -0.3 is 9.84 Å². The van der Waals surface area contributed by atoms with E-state index in [2.05, 4.69) is 28.0 Å². The molecule has 7 heteroatoms. The van der Waals surface area contributed by atoms with Crippen molar-refractivity contribution in [1.29, 1.82) is 0 Å². The molecule has 1 aliphatic rings. The second-order valence-electron chi connectivity index (χ2n) is 6.47. The van der Waals surface area contributed by atoms with Crippen LogP contribution in [-0.4, -0.2) is 44.3 Å². The molecule has 6 nitrogen and oxygen atoms in total. The third-order valence-corrected chi connectivity index (χ3v) is 6.09. The number of likely N-dealkylation sites (tertiary alicyclic amines) is 1. The Balaban J connectivity index is 1.88. The molecule has 0 bridgehead atoms. The number of fused-ring (bicyclic) bond motifs is 1. The fraction of sp³-hybridized carbons (Fsp3) is 0.444. The number of para-hydroxylation sites is 1. The monoisotopic (exact) mass is 358 g/mol. The minimum absolute atomic E-state index is 0.0695. The lowest BCUT2D eigenvalue weighted by Crippen LogP contribution is -2.40. The second-order valence-corrected chi connectivity index (χ2v) is 7.48. The van der Waals surface area contributed by atoms with Crippen LogP contribution in [0.1, 0.15) is 42.7 Å². The molecule has 132 valence electrons. The summed E-state index contributed by atoms with van der Waals surface area (Å²) in [4.78, 5) is 8.28. The fourth-order valence-corrected chi connectivity index (χ4v) is 4.81. The van der Waals surface area contributed by atoms with E-state index in [0.29, 0.717) is 11.0 Å². The maximum absolute atomic E-state index is 10.8. The predicted octanol–water partition coefficient (Wildman–Crippen LogP) is 3.47. The number of thiazole rings is 1. The van der Waals surface area contributed by atoms with Crippen LogP contribution in [0.15, 0.2) is 30.6 Å². The van der Waals surface area contributed by atoms with Crippen molar-refractivity contribution in [1.82, 2.24) is 19.5 Å². The van der Waals surface area contributed by atoms with Gasteiger partial charge in [0.25, 0.3) is 0 Å². The van der Waals surface area contributed by atoms with Crippen LogP contribution in [0.5, 0.6) is 11.6 Å². The molecule has 0 saturated carbocycles. The van der Waals surface area contributed by atoms with Gasteiger partial charge in [-0.2, -0.15) is 9.61 Å². The summed E-state index contributed by atoms with van der Waals surface area (Å²) in [5.41, 5.74) is 1.07. The largest absolute Gasteiger partial charge is 0.496 e. The van der Waals surface area contributed by atoms with Crippen molar-refractivity contribution >= 4 is 16.3 Å². The average Bonchev–Trinajstić information content (AvgIpc) is 3.21. The summed E-state index contributed by atoms with van der Waals surface area (Å²) >= 11 is 1.49. The first-order chi connectivity index (χ1) is 12.2. The Morgan fingerprint density at radius 1 is 1.32 bits per heavy atom. The summed E-state index contributed by atoms with van der Waals surface area (Å²) in [5, 5.41) is 14.9. The smallest absolute Gasteiger partial charge is 0.230 e.